The van der Waals surface area contributed by atoms with E-state index in [1.54, 1.807) is 0 Å². The lowest BCUT2D eigenvalue weighted by Crippen LogP contribution is -2.13. The molecule has 15 heavy (non-hydrogen) atoms. The van der Waals surface area contributed by atoms with Gasteiger partial charge in [-0.3, -0.25) is 0 Å². The van der Waals surface area contributed by atoms with Crippen molar-refractivity contribution in [3.63, 3.8) is 0 Å². The first-order valence-corrected chi connectivity index (χ1v) is 4.66. The molecule has 0 aliphatic rings. The van der Waals surface area contributed by atoms with Gasteiger partial charge in [-0.2, -0.15) is 0 Å². The number of rotatable bonds is 4. The SMILES string of the molecule is Cc1cc(CNCc2nonc2C)on1. The van der Waals surface area contributed by atoms with Crippen molar-refractivity contribution in [2.45, 2.75) is 26.9 Å². The molecular formula is C9H12N4O2. The molecule has 2 rings (SSSR count). The summed E-state index contributed by atoms with van der Waals surface area (Å²) < 4.78 is 9.62. The average Bonchev–Trinajstić information content (AvgIpc) is 2.77. The van der Waals surface area contributed by atoms with Gasteiger partial charge in [0.05, 0.1) is 12.2 Å². The van der Waals surface area contributed by atoms with Gasteiger partial charge in [-0.25, -0.2) is 4.63 Å². The van der Waals surface area contributed by atoms with Gasteiger partial charge in [0.25, 0.3) is 0 Å². The molecule has 6 nitrogen and oxygen atoms in total. The Morgan fingerprint density at radius 2 is 2.07 bits per heavy atom. The first kappa shape index (κ1) is 9.85. The largest absolute Gasteiger partial charge is 0.360 e. The minimum Gasteiger partial charge on any atom is -0.360 e. The van der Waals surface area contributed by atoms with E-state index in [9.17, 15) is 0 Å². The summed E-state index contributed by atoms with van der Waals surface area (Å²) >= 11 is 0. The van der Waals surface area contributed by atoms with Crippen molar-refractivity contribution in [1.82, 2.24) is 20.8 Å². The van der Waals surface area contributed by atoms with Crippen LogP contribution in [0.4, 0.5) is 0 Å². The third-order valence-corrected chi connectivity index (χ3v) is 2.01. The highest BCUT2D eigenvalue weighted by molar-refractivity contribution is 5.05. The van der Waals surface area contributed by atoms with Crippen LogP contribution in [0.3, 0.4) is 0 Å². The zero-order valence-electron chi connectivity index (χ0n) is 8.65. The molecule has 0 bridgehead atoms. The highest BCUT2D eigenvalue weighted by atomic mass is 16.6. The number of nitrogens with one attached hydrogen (secondary N) is 1. The summed E-state index contributed by atoms with van der Waals surface area (Å²) in [6, 6.07) is 1.89. The van der Waals surface area contributed by atoms with Crippen molar-refractivity contribution in [1.29, 1.82) is 0 Å². The molecule has 0 saturated carbocycles. The van der Waals surface area contributed by atoms with Gasteiger partial charge in [-0.05, 0) is 13.8 Å². The number of hydrogen-bond donors (Lipinski definition) is 1. The molecule has 0 aliphatic heterocycles. The van der Waals surface area contributed by atoms with Gasteiger partial charge in [0.1, 0.15) is 11.4 Å². The molecule has 0 spiro atoms. The topological polar surface area (TPSA) is 77.0 Å². The predicted molar refractivity (Wildman–Crippen MR) is 50.8 cm³/mol. The molecule has 0 saturated heterocycles. The van der Waals surface area contributed by atoms with Gasteiger partial charge in [0, 0.05) is 12.6 Å². The molecule has 0 fully saturated rings. The Kier molecular flexibility index (Phi) is 2.77. The van der Waals surface area contributed by atoms with Crippen LogP contribution in [0.5, 0.6) is 0 Å². The summed E-state index contributed by atoms with van der Waals surface area (Å²) in [7, 11) is 0. The van der Waals surface area contributed by atoms with Gasteiger partial charge >= 0.3 is 0 Å². The predicted octanol–water partition coefficient (Wildman–Crippen LogP) is 0.964. The minimum atomic E-state index is 0.606. The van der Waals surface area contributed by atoms with E-state index in [4.69, 9.17) is 4.52 Å². The smallest absolute Gasteiger partial charge is 0.150 e. The molecule has 0 atom stereocenters. The Balaban J connectivity index is 1.83. The number of hydrogen-bond acceptors (Lipinski definition) is 6. The molecule has 2 aromatic rings. The first-order valence-electron chi connectivity index (χ1n) is 4.66. The van der Waals surface area contributed by atoms with Gasteiger partial charge in [-0.15, -0.1) is 0 Å². The molecule has 2 aromatic heterocycles. The van der Waals surface area contributed by atoms with E-state index in [1.165, 1.54) is 0 Å². The number of nitrogens with zero attached hydrogens (tertiary/aromatic N) is 3. The lowest BCUT2D eigenvalue weighted by molar-refractivity contribution is 0.300. The van der Waals surface area contributed by atoms with Crippen LogP contribution in [0.2, 0.25) is 0 Å². The van der Waals surface area contributed by atoms with Crippen LogP contribution in [-0.4, -0.2) is 15.5 Å². The van der Waals surface area contributed by atoms with Crippen LogP contribution < -0.4 is 5.32 Å². The van der Waals surface area contributed by atoms with Crippen LogP contribution in [0, 0.1) is 13.8 Å². The zero-order chi connectivity index (χ0) is 10.7. The Morgan fingerprint density at radius 3 is 2.67 bits per heavy atom. The maximum atomic E-state index is 5.04. The lowest BCUT2D eigenvalue weighted by Gasteiger charge is -1.97. The van der Waals surface area contributed by atoms with Crippen LogP contribution in [-0.2, 0) is 13.1 Å². The third kappa shape index (κ3) is 2.41. The molecule has 0 amide bonds. The van der Waals surface area contributed by atoms with E-state index >= 15 is 0 Å². The highest BCUT2D eigenvalue weighted by Gasteiger charge is 2.05. The summed E-state index contributed by atoms with van der Waals surface area (Å²) in [6.45, 7) is 4.97. The average molecular weight is 208 g/mol. The minimum absolute atomic E-state index is 0.606. The van der Waals surface area contributed by atoms with Crippen LogP contribution >= 0.6 is 0 Å². The molecule has 0 radical (unpaired) electrons. The molecule has 0 unspecified atom stereocenters. The second-order valence-corrected chi connectivity index (χ2v) is 3.33. The van der Waals surface area contributed by atoms with Crippen molar-refractivity contribution in [3.8, 4) is 0 Å². The zero-order valence-corrected chi connectivity index (χ0v) is 8.65. The normalized spacial score (nSPS) is 10.8. The van der Waals surface area contributed by atoms with E-state index in [-0.39, 0.29) is 0 Å². The first-order chi connectivity index (χ1) is 7.25. The van der Waals surface area contributed by atoms with Crippen LogP contribution in [0.1, 0.15) is 22.8 Å². The maximum absolute atomic E-state index is 5.04. The van der Waals surface area contributed by atoms with E-state index in [0.717, 1.165) is 22.8 Å². The quantitative estimate of drug-likeness (QED) is 0.806. The van der Waals surface area contributed by atoms with E-state index in [1.807, 2.05) is 19.9 Å². The molecule has 0 aromatic carbocycles. The second kappa shape index (κ2) is 4.22. The fourth-order valence-corrected chi connectivity index (χ4v) is 1.21. The lowest BCUT2D eigenvalue weighted by atomic mass is 10.3. The molecule has 2 heterocycles. The Morgan fingerprint density at radius 1 is 1.20 bits per heavy atom. The van der Waals surface area contributed by atoms with Crippen molar-refractivity contribution in [2.24, 2.45) is 0 Å². The van der Waals surface area contributed by atoms with E-state index in [0.29, 0.717) is 13.1 Å². The van der Waals surface area contributed by atoms with Crippen molar-refractivity contribution < 1.29 is 9.15 Å². The van der Waals surface area contributed by atoms with Crippen molar-refractivity contribution >= 4 is 0 Å². The molecule has 80 valence electrons. The second-order valence-electron chi connectivity index (χ2n) is 3.33. The summed E-state index contributed by atoms with van der Waals surface area (Å²) in [4.78, 5) is 0. The van der Waals surface area contributed by atoms with Crippen LogP contribution in [0.15, 0.2) is 15.2 Å². The van der Waals surface area contributed by atoms with Gasteiger partial charge in [0.2, 0.25) is 0 Å². The molecular weight excluding hydrogens is 196 g/mol. The van der Waals surface area contributed by atoms with E-state index in [2.05, 4.69) is 25.4 Å². The maximum Gasteiger partial charge on any atom is 0.150 e. The number of aromatic nitrogens is 3. The molecule has 6 heteroatoms. The number of aryl methyl sites for hydroxylation is 2. The van der Waals surface area contributed by atoms with Crippen LogP contribution in [0.25, 0.3) is 0 Å². The summed E-state index contributed by atoms with van der Waals surface area (Å²) in [5.41, 5.74) is 2.49. The van der Waals surface area contributed by atoms with E-state index < -0.39 is 0 Å². The van der Waals surface area contributed by atoms with Gasteiger partial charge in [0.15, 0.2) is 5.76 Å². The standard InChI is InChI=1S/C9H12N4O2/c1-6-3-8(14-11-6)4-10-5-9-7(2)12-15-13-9/h3,10H,4-5H2,1-2H3. The summed E-state index contributed by atoms with van der Waals surface area (Å²) in [5, 5.41) is 14.4. The van der Waals surface area contributed by atoms with Gasteiger partial charge < -0.3 is 9.84 Å². The van der Waals surface area contributed by atoms with Gasteiger partial charge in [-0.1, -0.05) is 15.5 Å². The monoisotopic (exact) mass is 208 g/mol. The molecule has 1 N–H and O–H groups in total. The third-order valence-electron chi connectivity index (χ3n) is 2.01. The summed E-state index contributed by atoms with van der Waals surface area (Å²) in [5.74, 6) is 0.807. The Hall–Kier alpha value is -1.69. The highest BCUT2D eigenvalue weighted by Crippen LogP contribution is 2.03. The Labute approximate surface area is 86.6 Å². The van der Waals surface area contributed by atoms with Crippen molar-refractivity contribution in [2.75, 3.05) is 0 Å². The Bertz CT molecular complexity index is 435. The fourth-order valence-electron chi connectivity index (χ4n) is 1.21. The summed E-state index contributed by atoms with van der Waals surface area (Å²) in [6.07, 6.45) is 0. The fraction of sp³-hybridized carbons (Fsp3) is 0.444. The molecule has 0 aliphatic carbocycles. The van der Waals surface area contributed by atoms with Crippen molar-refractivity contribution in [3.05, 3.63) is 28.9 Å².